The molecular weight excluding hydrogens is 356 g/mol. The Bertz CT molecular complexity index is 404. The molecule has 5 nitrogen and oxygen atoms in total. The Morgan fingerprint density at radius 3 is 2.82 bits per heavy atom. The number of benzene rings is 1. The molecule has 0 spiro atoms. The Morgan fingerprint density at radius 1 is 1.65 bits per heavy atom. The van der Waals surface area contributed by atoms with Gasteiger partial charge in [0.2, 0.25) is 5.75 Å². The quantitative estimate of drug-likeness (QED) is 0.274. The molecule has 8 heteroatoms. The molecule has 0 unspecified atom stereocenters. The van der Waals surface area contributed by atoms with E-state index in [1.807, 2.05) is 0 Å². The third-order valence-corrected chi connectivity index (χ3v) is 1.75. The fraction of sp³-hybridized carbons (Fsp3) is 0.111. The first-order valence-electron chi connectivity index (χ1n) is 4.24. The van der Waals surface area contributed by atoms with Crippen molar-refractivity contribution >= 4 is 33.1 Å². The molecular formula is C9H12ClN3O2PdS+2. The molecule has 0 bridgehead atoms. The van der Waals surface area contributed by atoms with E-state index in [1.54, 1.807) is 18.2 Å². The second-order valence-electron chi connectivity index (χ2n) is 2.66. The number of hydrazone groups is 1. The van der Waals surface area contributed by atoms with Crippen molar-refractivity contribution in [1.82, 2.24) is 5.43 Å². The monoisotopic (exact) mass is 367 g/mol. The third kappa shape index (κ3) is 5.84. The molecule has 0 saturated heterocycles. The maximum absolute atomic E-state index is 7.72. The molecule has 17 heavy (non-hydrogen) atoms. The molecule has 0 aromatic heterocycles. The van der Waals surface area contributed by atoms with Crippen molar-refractivity contribution in [3.8, 4) is 11.5 Å². The number of hydrogen-bond acceptors (Lipinski definition) is 3. The molecule has 0 aliphatic rings. The number of nitrogens with zero attached hydrogens (tertiary/aromatic N) is 1. The van der Waals surface area contributed by atoms with Crippen LogP contribution in [0.2, 0.25) is 0 Å². The predicted octanol–water partition coefficient (Wildman–Crippen LogP) is 0.987. The number of ether oxygens (including phenoxy) is 1. The van der Waals surface area contributed by atoms with E-state index in [4.69, 9.17) is 15.6 Å². The van der Waals surface area contributed by atoms with E-state index in [2.05, 4.69) is 50.5 Å². The van der Waals surface area contributed by atoms with Crippen LogP contribution in [-0.2, 0) is 18.2 Å². The van der Waals surface area contributed by atoms with Crippen molar-refractivity contribution in [2.45, 2.75) is 0 Å². The van der Waals surface area contributed by atoms with Crippen LogP contribution in [0.3, 0.4) is 0 Å². The summed E-state index contributed by atoms with van der Waals surface area (Å²) in [6, 6.07) is 5.23. The zero-order chi connectivity index (χ0) is 13.3. The first-order valence-corrected chi connectivity index (χ1v) is 6.65. The zero-order valence-electron chi connectivity index (χ0n) is 8.84. The average Bonchev–Trinajstić information content (AvgIpc) is 2.33. The van der Waals surface area contributed by atoms with Gasteiger partial charge in [0.1, 0.15) is 0 Å². The summed E-state index contributed by atoms with van der Waals surface area (Å²) in [5.41, 5.74) is 8.22. The van der Waals surface area contributed by atoms with Gasteiger partial charge in [0.05, 0.1) is 18.9 Å². The molecule has 1 rings (SSSR count). The van der Waals surface area contributed by atoms with Crippen LogP contribution in [0, 0.1) is 0 Å². The van der Waals surface area contributed by atoms with Gasteiger partial charge in [0.15, 0.2) is 5.11 Å². The van der Waals surface area contributed by atoms with Crippen molar-refractivity contribution in [2.75, 3.05) is 7.11 Å². The van der Waals surface area contributed by atoms with Gasteiger partial charge >= 0.3 is 33.5 Å². The van der Waals surface area contributed by atoms with Crippen LogP contribution in [0.4, 0.5) is 0 Å². The van der Waals surface area contributed by atoms with Crippen molar-refractivity contribution < 1.29 is 28.0 Å². The van der Waals surface area contributed by atoms with Crippen LogP contribution < -0.4 is 15.9 Å². The maximum atomic E-state index is 7.72. The number of nitrogens with one attached hydrogen (secondary N) is 1. The van der Waals surface area contributed by atoms with Crippen molar-refractivity contribution in [1.29, 1.82) is 0 Å². The normalized spacial score (nSPS) is 9.41. The van der Waals surface area contributed by atoms with Crippen LogP contribution in [0.25, 0.3) is 0 Å². The molecule has 1 aromatic carbocycles. The molecule has 0 aliphatic carbocycles. The standard InChI is InChI=1S/C9H11N3O2S.ClH.Pd/c1-14-7-4-2-3-6(8(7)13)5-11-12-9(10)15;;/h2-5,13H,1H3,(H3,10,12,15);1H;/q;;+2. The number of para-hydroxylation sites is 1. The molecule has 0 radical (unpaired) electrons. The molecule has 96 valence electrons. The van der Waals surface area contributed by atoms with E-state index < -0.39 is 0 Å². The van der Waals surface area contributed by atoms with Gasteiger partial charge < -0.3 is 15.6 Å². The third-order valence-electron chi connectivity index (χ3n) is 1.66. The summed E-state index contributed by atoms with van der Waals surface area (Å²) >= 11 is 6.80. The topological polar surface area (TPSA) is 82.5 Å². The van der Waals surface area contributed by atoms with Crippen molar-refractivity contribution in [2.24, 2.45) is 10.8 Å². The number of methoxy groups -OCH3 is 1. The van der Waals surface area contributed by atoms with E-state index in [1.165, 1.54) is 13.3 Å². The van der Waals surface area contributed by atoms with Crippen molar-refractivity contribution in [3.05, 3.63) is 23.8 Å². The van der Waals surface area contributed by atoms with Crippen LogP contribution in [-0.4, -0.2) is 23.5 Å². The second kappa shape index (κ2) is 9.19. The van der Waals surface area contributed by atoms with Gasteiger partial charge in [-0.3, -0.25) is 5.43 Å². The van der Waals surface area contributed by atoms with E-state index >= 15 is 0 Å². The zero-order valence-corrected chi connectivity index (χ0v) is 12.0. The van der Waals surface area contributed by atoms with Crippen LogP contribution in [0.1, 0.15) is 5.56 Å². The molecule has 1 aromatic rings. The Balaban J connectivity index is 0.00000121. The van der Waals surface area contributed by atoms with Crippen LogP contribution in [0.15, 0.2) is 23.3 Å². The van der Waals surface area contributed by atoms with Gasteiger partial charge in [0.25, 0.3) is 0 Å². The summed E-state index contributed by atoms with van der Waals surface area (Å²) in [5.74, 6) is 0.766. The van der Waals surface area contributed by atoms with Gasteiger partial charge in [-0.15, -0.1) is 0 Å². The molecule has 5 N–H and O–H groups in total. The number of halogens is 1. The van der Waals surface area contributed by atoms with E-state index in [0.717, 1.165) is 0 Å². The number of rotatable bonds is 3. The molecule has 0 atom stereocenters. The number of nitrogens with two attached hydrogens (primary N) is 1. The predicted molar refractivity (Wildman–Crippen MR) is 69.4 cm³/mol. The van der Waals surface area contributed by atoms with Crippen LogP contribution in [0.5, 0.6) is 11.5 Å². The Labute approximate surface area is 119 Å². The van der Waals surface area contributed by atoms with E-state index in [9.17, 15) is 0 Å². The van der Waals surface area contributed by atoms with Crippen LogP contribution >= 0.6 is 21.7 Å². The first-order chi connectivity index (χ1) is 8.15. The van der Waals surface area contributed by atoms with Gasteiger partial charge in [-0.05, 0) is 24.4 Å². The summed E-state index contributed by atoms with van der Waals surface area (Å²) in [4.78, 5) is 0. The van der Waals surface area contributed by atoms with Gasteiger partial charge in [0, 0.05) is 0 Å². The average molecular weight is 368 g/mol. The Kier molecular flexibility index (Phi) is 8.72. The SMILES string of the molecule is COc1cccc(C=NNC(N)=S)c1[OH2+].[Cl][Pd+]. The Hall–Kier alpha value is -0.868. The minimum atomic E-state index is 0.0840. The number of hydrogen-bond donors (Lipinski definition) is 2. The summed E-state index contributed by atoms with van der Waals surface area (Å²) in [6.07, 6.45) is 1.46. The Morgan fingerprint density at radius 2 is 2.29 bits per heavy atom. The molecule has 0 fully saturated rings. The summed E-state index contributed by atoms with van der Waals surface area (Å²) < 4.78 is 4.99. The molecule has 0 heterocycles. The van der Waals surface area contributed by atoms with Gasteiger partial charge in [-0.1, -0.05) is 6.07 Å². The molecule has 0 saturated carbocycles. The van der Waals surface area contributed by atoms with Gasteiger partial charge in [-0.2, -0.15) is 5.10 Å². The minimum absolute atomic E-state index is 0.0840. The second-order valence-corrected chi connectivity index (χ2v) is 3.10. The molecule has 0 aliphatic heterocycles. The summed E-state index contributed by atoms with van der Waals surface area (Å²) in [7, 11) is 6.00. The first kappa shape index (κ1) is 16.1. The van der Waals surface area contributed by atoms with E-state index in [0.29, 0.717) is 11.3 Å². The fourth-order valence-corrected chi connectivity index (χ4v) is 1.04. The number of thiocarbonyl (C=S) groups is 1. The molecule has 0 amide bonds. The summed E-state index contributed by atoms with van der Waals surface area (Å²) in [5, 5.41) is 11.6. The van der Waals surface area contributed by atoms with E-state index in [-0.39, 0.29) is 10.9 Å². The van der Waals surface area contributed by atoms with Crippen molar-refractivity contribution in [3.63, 3.8) is 0 Å². The fourth-order valence-electron chi connectivity index (χ4n) is 0.991. The van der Waals surface area contributed by atoms with Gasteiger partial charge in [-0.25, -0.2) is 0 Å². The summed E-state index contributed by atoms with van der Waals surface area (Å²) in [6.45, 7) is 0.